The van der Waals surface area contributed by atoms with Gasteiger partial charge in [0.05, 0.1) is 11.0 Å². The summed E-state index contributed by atoms with van der Waals surface area (Å²) in [6, 6.07) is 0. The molecule has 1 amide bonds. The summed E-state index contributed by atoms with van der Waals surface area (Å²) >= 11 is 0. The molecule has 0 aromatic rings. The first-order chi connectivity index (χ1) is 9.77. The number of nitrogens with one attached hydrogen (secondary N) is 1. The lowest BCUT2D eigenvalue weighted by Gasteiger charge is -2.36. The fraction of sp³-hybridized carbons (Fsp3) is 0.875. The number of hydrogen-bond acceptors (Lipinski definition) is 3. The molecule has 0 aromatic carbocycles. The van der Waals surface area contributed by atoms with Crippen LogP contribution in [0.3, 0.4) is 0 Å². The van der Waals surface area contributed by atoms with Gasteiger partial charge in [-0.15, -0.1) is 0 Å². The van der Waals surface area contributed by atoms with E-state index in [-0.39, 0.29) is 18.9 Å². The van der Waals surface area contributed by atoms with Crippen molar-refractivity contribution in [3.63, 3.8) is 0 Å². The van der Waals surface area contributed by atoms with E-state index in [1.165, 1.54) is 0 Å². The van der Waals surface area contributed by atoms with Gasteiger partial charge in [0, 0.05) is 13.0 Å². The van der Waals surface area contributed by atoms with Crippen molar-refractivity contribution in [3.8, 4) is 0 Å². The van der Waals surface area contributed by atoms with E-state index in [2.05, 4.69) is 12.2 Å². The molecule has 1 saturated carbocycles. The molecule has 5 nitrogen and oxygen atoms in total. The molecule has 1 aliphatic rings. The van der Waals surface area contributed by atoms with Crippen LogP contribution in [0.5, 0.6) is 0 Å². The predicted octanol–water partition coefficient (Wildman–Crippen LogP) is 2.32. The Bertz CT molecular complexity index is 378. The molecule has 2 unspecified atom stereocenters. The second kappa shape index (κ2) is 7.25. The summed E-state index contributed by atoms with van der Waals surface area (Å²) < 4.78 is 0. The van der Waals surface area contributed by atoms with Crippen LogP contribution in [0.1, 0.15) is 65.7 Å². The summed E-state index contributed by atoms with van der Waals surface area (Å²) in [5.74, 6) is -0.745. The lowest BCUT2D eigenvalue weighted by atomic mass is 9.78. The van der Waals surface area contributed by atoms with Gasteiger partial charge in [0.2, 0.25) is 5.91 Å². The zero-order chi connectivity index (χ0) is 16.1. The Kier molecular flexibility index (Phi) is 6.20. The number of carboxylic acids is 1. The van der Waals surface area contributed by atoms with Crippen molar-refractivity contribution >= 4 is 11.9 Å². The number of carbonyl (C=O) groups excluding carboxylic acids is 1. The molecule has 2 atom stereocenters. The molecule has 5 heteroatoms. The molecule has 1 fully saturated rings. The van der Waals surface area contributed by atoms with Crippen molar-refractivity contribution in [2.45, 2.75) is 71.3 Å². The summed E-state index contributed by atoms with van der Waals surface area (Å²) in [5, 5.41) is 22.6. The van der Waals surface area contributed by atoms with Gasteiger partial charge in [-0.2, -0.15) is 0 Å². The summed E-state index contributed by atoms with van der Waals surface area (Å²) in [4.78, 5) is 23.5. The van der Waals surface area contributed by atoms with Gasteiger partial charge in [0.25, 0.3) is 0 Å². The highest BCUT2D eigenvalue weighted by molar-refractivity contribution is 5.84. The highest BCUT2D eigenvalue weighted by Gasteiger charge is 2.38. The molecule has 0 spiro atoms. The average molecular weight is 299 g/mol. The van der Waals surface area contributed by atoms with Crippen LogP contribution in [-0.4, -0.2) is 34.2 Å². The first-order valence-electron chi connectivity index (χ1n) is 7.99. The number of carboxylic acid groups (broad SMARTS) is 1. The third-order valence-electron chi connectivity index (χ3n) is 4.99. The molecular weight excluding hydrogens is 270 g/mol. The fourth-order valence-corrected chi connectivity index (χ4v) is 3.30. The van der Waals surface area contributed by atoms with Gasteiger partial charge >= 0.3 is 5.97 Å². The minimum absolute atomic E-state index is 0.0268. The first kappa shape index (κ1) is 18.0. The summed E-state index contributed by atoms with van der Waals surface area (Å²) in [5.41, 5.74) is -1.83. The average Bonchev–Trinajstić information content (AvgIpc) is 2.42. The molecule has 21 heavy (non-hydrogen) atoms. The Morgan fingerprint density at radius 1 is 1.33 bits per heavy atom. The zero-order valence-electron chi connectivity index (χ0n) is 13.4. The van der Waals surface area contributed by atoms with E-state index in [1.54, 1.807) is 13.8 Å². The highest BCUT2D eigenvalue weighted by Crippen LogP contribution is 2.33. The Balaban J connectivity index is 2.55. The Labute approximate surface area is 127 Å². The van der Waals surface area contributed by atoms with Crippen molar-refractivity contribution < 1.29 is 19.8 Å². The number of rotatable bonds is 7. The van der Waals surface area contributed by atoms with Crippen molar-refractivity contribution in [3.05, 3.63) is 0 Å². The van der Waals surface area contributed by atoms with E-state index < -0.39 is 17.0 Å². The summed E-state index contributed by atoms with van der Waals surface area (Å²) in [6.45, 7) is 5.91. The standard InChI is InChI=1S/C16H29NO4/c1-4-15(5-2,14(19)20)10-13(18)17-11-16(21)8-6-7-12(3)9-16/h12,21H,4-11H2,1-3H3,(H,17,18)(H,19,20). The minimum Gasteiger partial charge on any atom is -0.481 e. The van der Waals surface area contributed by atoms with Gasteiger partial charge in [-0.1, -0.05) is 33.6 Å². The maximum Gasteiger partial charge on any atom is 0.310 e. The van der Waals surface area contributed by atoms with Crippen molar-refractivity contribution in [2.75, 3.05) is 6.54 Å². The van der Waals surface area contributed by atoms with Gasteiger partial charge in [-0.05, 0) is 31.6 Å². The van der Waals surface area contributed by atoms with Crippen LogP contribution in [0, 0.1) is 11.3 Å². The van der Waals surface area contributed by atoms with Crippen molar-refractivity contribution in [2.24, 2.45) is 11.3 Å². The number of carbonyl (C=O) groups is 2. The first-order valence-corrected chi connectivity index (χ1v) is 7.99. The maximum atomic E-state index is 12.1. The van der Waals surface area contributed by atoms with Crippen LogP contribution in [0.2, 0.25) is 0 Å². The molecular formula is C16H29NO4. The van der Waals surface area contributed by atoms with Crippen molar-refractivity contribution in [1.29, 1.82) is 0 Å². The molecule has 1 aliphatic carbocycles. The predicted molar refractivity (Wildman–Crippen MR) is 80.9 cm³/mol. The van der Waals surface area contributed by atoms with Crippen LogP contribution in [0.4, 0.5) is 0 Å². The maximum absolute atomic E-state index is 12.1. The quantitative estimate of drug-likeness (QED) is 0.673. The van der Waals surface area contributed by atoms with Crippen LogP contribution < -0.4 is 5.32 Å². The van der Waals surface area contributed by atoms with Crippen molar-refractivity contribution in [1.82, 2.24) is 5.32 Å². The van der Waals surface area contributed by atoms with Crippen LogP contribution in [0.15, 0.2) is 0 Å². The topological polar surface area (TPSA) is 86.6 Å². The highest BCUT2D eigenvalue weighted by atomic mass is 16.4. The molecule has 0 saturated heterocycles. The summed E-state index contributed by atoms with van der Waals surface area (Å²) in [6.07, 6.45) is 4.30. The van der Waals surface area contributed by atoms with Gasteiger partial charge < -0.3 is 15.5 Å². The van der Waals surface area contributed by atoms with Gasteiger partial charge in [-0.3, -0.25) is 9.59 Å². The smallest absolute Gasteiger partial charge is 0.310 e. The minimum atomic E-state index is -0.993. The number of amides is 1. The van der Waals surface area contributed by atoms with Crippen LogP contribution in [-0.2, 0) is 9.59 Å². The molecule has 0 aliphatic heterocycles. The van der Waals surface area contributed by atoms with Gasteiger partial charge in [0.1, 0.15) is 0 Å². The third-order valence-corrected chi connectivity index (χ3v) is 4.99. The van der Waals surface area contributed by atoms with E-state index in [1.807, 2.05) is 0 Å². The second-order valence-corrected chi connectivity index (χ2v) is 6.67. The third kappa shape index (κ3) is 4.70. The van der Waals surface area contributed by atoms with E-state index in [4.69, 9.17) is 0 Å². The van der Waals surface area contributed by atoms with Crippen LogP contribution >= 0.6 is 0 Å². The Hall–Kier alpha value is -1.10. The number of aliphatic carboxylic acids is 1. The second-order valence-electron chi connectivity index (χ2n) is 6.67. The molecule has 122 valence electrons. The van der Waals surface area contributed by atoms with E-state index in [0.717, 1.165) is 12.8 Å². The normalized spacial score (nSPS) is 26.4. The van der Waals surface area contributed by atoms with Gasteiger partial charge in [0.15, 0.2) is 0 Å². The monoisotopic (exact) mass is 299 g/mol. The Morgan fingerprint density at radius 2 is 1.95 bits per heavy atom. The van der Waals surface area contributed by atoms with Crippen LogP contribution in [0.25, 0.3) is 0 Å². The van der Waals surface area contributed by atoms with E-state index >= 15 is 0 Å². The fourth-order valence-electron chi connectivity index (χ4n) is 3.30. The zero-order valence-corrected chi connectivity index (χ0v) is 13.4. The van der Waals surface area contributed by atoms with E-state index in [0.29, 0.717) is 31.6 Å². The molecule has 0 aromatic heterocycles. The van der Waals surface area contributed by atoms with Gasteiger partial charge in [-0.25, -0.2) is 0 Å². The molecule has 0 bridgehead atoms. The Morgan fingerprint density at radius 3 is 2.43 bits per heavy atom. The summed E-state index contributed by atoms with van der Waals surface area (Å²) in [7, 11) is 0. The lowest BCUT2D eigenvalue weighted by Crippen LogP contribution is -2.47. The number of hydrogen-bond donors (Lipinski definition) is 3. The molecule has 0 radical (unpaired) electrons. The molecule has 1 rings (SSSR count). The number of aliphatic hydroxyl groups is 1. The molecule has 0 heterocycles. The molecule has 3 N–H and O–H groups in total. The van der Waals surface area contributed by atoms with E-state index in [9.17, 15) is 19.8 Å². The lowest BCUT2D eigenvalue weighted by molar-refractivity contribution is -0.152. The largest absolute Gasteiger partial charge is 0.481 e. The SMILES string of the molecule is CCC(CC)(CC(=O)NCC1(O)CCCC(C)C1)C(=O)O.